The summed E-state index contributed by atoms with van der Waals surface area (Å²) in [6.07, 6.45) is -7.36. The molecule has 0 atom stereocenters. The SMILES string of the molecule is O=C(c1ccc2nc(C(F)F)[nH]c2c1)N1CCN(S(=O)(=O)c2ccc(C(F)(F)F)cc2)CC1. The summed E-state index contributed by atoms with van der Waals surface area (Å²) >= 11 is 0. The Morgan fingerprint density at radius 2 is 1.64 bits per heavy atom. The largest absolute Gasteiger partial charge is 0.416 e. The molecule has 1 saturated heterocycles. The van der Waals surface area contributed by atoms with Gasteiger partial charge in [0.15, 0.2) is 5.82 Å². The highest BCUT2D eigenvalue weighted by atomic mass is 32.2. The normalized spacial score (nSPS) is 16.0. The highest BCUT2D eigenvalue weighted by molar-refractivity contribution is 7.89. The van der Waals surface area contributed by atoms with Crippen molar-refractivity contribution in [3.8, 4) is 0 Å². The number of aromatic amines is 1. The van der Waals surface area contributed by atoms with E-state index >= 15 is 0 Å². The molecule has 176 valence electrons. The van der Waals surface area contributed by atoms with Crippen molar-refractivity contribution in [3.05, 3.63) is 59.4 Å². The third-order valence-corrected chi connectivity index (χ3v) is 7.21. The molecule has 0 saturated carbocycles. The van der Waals surface area contributed by atoms with Gasteiger partial charge in [-0.3, -0.25) is 4.79 Å². The van der Waals surface area contributed by atoms with Crippen LogP contribution in [-0.2, 0) is 16.2 Å². The lowest BCUT2D eigenvalue weighted by Gasteiger charge is -2.34. The Hall–Kier alpha value is -3.06. The van der Waals surface area contributed by atoms with Crippen molar-refractivity contribution in [1.82, 2.24) is 19.2 Å². The van der Waals surface area contributed by atoms with Crippen LogP contribution in [-0.4, -0.2) is 59.7 Å². The molecule has 1 aromatic heterocycles. The number of halogens is 5. The van der Waals surface area contributed by atoms with Crippen molar-refractivity contribution < 1.29 is 35.2 Å². The van der Waals surface area contributed by atoms with Gasteiger partial charge in [0.25, 0.3) is 12.3 Å². The van der Waals surface area contributed by atoms with Gasteiger partial charge in [0.1, 0.15) is 0 Å². The van der Waals surface area contributed by atoms with Gasteiger partial charge in [-0.05, 0) is 42.5 Å². The molecule has 3 aromatic rings. The van der Waals surface area contributed by atoms with Crippen LogP contribution in [0.3, 0.4) is 0 Å². The van der Waals surface area contributed by atoms with E-state index in [1.165, 1.54) is 23.1 Å². The second-order valence-electron chi connectivity index (χ2n) is 7.37. The number of amides is 1. The number of sulfonamides is 1. The minimum Gasteiger partial charge on any atom is -0.337 e. The van der Waals surface area contributed by atoms with E-state index in [0.29, 0.717) is 12.1 Å². The van der Waals surface area contributed by atoms with E-state index < -0.39 is 39.9 Å². The molecule has 7 nitrogen and oxygen atoms in total. The molecule has 1 fully saturated rings. The van der Waals surface area contributed by atoms with E-state index in [9.17, 15) is 35.2 Å². The fraction of sp³-hybridized carbons (Fsp3) is 0.300. The zero-order valence-corrected chi connectivity index (χ0v) is 17.6. The molecule has 33 heavy (non-hydrogen) atoms. The number of carbonyl (C=O) groups is 1. The predicted octanol–water partition coefficient (Wildman–Crippen LogP) is 3.67. The molecule has 2 heterocycles. The summed E-state index contributed by atoms with van der Waals surface area (Å²) in [7, 11) is -4.03. The summed E-state index contributed by atoms with van der Waals surface area (Å²) in [4.78, 5) is 20.2. The molecule has 0 aliphatic carbocycles. The summed E-state index contributed by atoms with van der Waals surface area (Å²) in [6, 6.07) is 7.52. The Labute approximate surface area is 184 Å². The van der Waals surface area contributed by atoms with Crippen LogP contribution >= 0.6 is 0 Å². The molecule has 0 unspecified atom stereocenters. The molecule has 1 amide bonds. The molecule has 4 rings (SSSR count). The van der Waals surface area contributed by atoms with Crippen LogP contribution in [0.5, 0.6) is 0 Å². The smallest absolute Gasteiger partial charge is 0.337 e. The quantitative estimate of drug-likeness (QED) is 0.568. The van der Waals surface area contributed by atoms with Gasteiger partial charge < -0.3 is 9.88 Å². The second kappa shape index (κ2) is 8.37. The van der Waals surface area contributed by atoms with Crippen LogP contribution in [0.4, 0.5) is 22.0 Å². The highest BCUT2D eigenvalue weighted by Gasteiger charge is 2.33. The Bertz CT molecular complexity index is 1280. The summed E-state index contributed by atoms with van der Waals surface area (Å²) in [5.74, 6) is -0.909. The predicted molar refractivity (Wildman–Crippen MR) is 107 cm³/mol. The van der Waals surface area contributed by atoms with E-state index in [-0.39, 0.29) is 47.7 Å². The molecule has 2 aromatic carbocycles. The van der Waals surface area contributed by atoms with E-state index in [0.717, 1.165) is 16.4 Å². The zero-order valence-electron chi connectivity index (χ0n) is 16.8. The van der Waals surface area contributed by atoms with Crippen molar-refractivity contribution >= 4 is 27.0 Å². The average molecular weight is 488 g/mol. The van der Waals surface area contributed by atoms with Crippen LogP contribution in [0.25, 0.3) is 11.0 Å². The summed E-state index contributed by atoms with van der Waals surface area (Å²) in [6.45, 7) is 0.0256. The fourth-order valence-electron chi connectivity index (χ4n) is 3.54. The average Bonchev–Trinajstić information content (AvgIpc) is 3.22. The highest BCUT2D eigenvalue weighted by Crippen LogP contribution is 2.30. The number of hydrogen-bond donors (Lipinski definition) is 1. The van der Waals surface area contributed by atoms with Crippen molar-refractivity contribution in [3.63, 3.8) is 0 Å². The van der Waals surface area contributed by atoms with Gasteiger partial charge in [0.05, 0.1) is 21.5 Å². The number of piperazine rings is 1. The number of imidazole rings is 1. The van der Waals surface area contributed by atoms with Crippen LogP contribution < -0.4 is 0 Å². The molecule has 1 aliphatic heterocycles. The van der Waals surface area contributed by atoms with Crippen LogP contribution in [0.1, 0.15) is 28.2 Å². The first-order chi connectivity index (χ1) is 15.5. The lowest BCUT2D eigenvalue weighted by Crippen LogP contribution is -2.50. The van der Waals surface area contributed by atoms with E-state index in [1.807, 2.05) is 0 Å². The lowest BCUT2D eigenvalue weighted by atomic mass is 10.1. The maximum absolute atomic E-state index is 12.8. The maximum atomic E-state index is 12.8. The lowest BCUT2D eigenvalue weighted by molar-refractivity contribution is -0.137. The number of H-pyrrole nitrogens is 1. The Balaban J connectivity index is 1.44. The number of nitrogens with one attached hydrogen (secondary N) is 1. The summed E-state index contributed by atoms with van der Waals surface area (Å²) < 4.78 is 90.4. The van der Waals surface area contributed by atoms with Gasteiger partial charge in [-0.15, -0.1) is 0 Å². The Morgan fingerprint density at radius 3 is 2.21 bits per heavy atom. The van der Waals surface area contributed by atoms with Crippen molar-refractivity contribution in [2.24, 2.45) is 0 Å². The van der Waals surface area contributed by atoms with Gasteiger partial charge in [-0.1, -0.05) is 0 Å². The molecule has 13 heteroatoms. The number of aromatic nitrogens is 2. The van der Waals surface area contributed by atoms with Gasteiger partial charge in [0, 0.05) is 31.7 Å². The first-order valence-corrected chi connectivity index (χ1v) is 11.2. The van der Waals surface area contributed by atoms with Gasteiger partial charge in [0.2, 0.25) is 10.0 Å². The van der Waals surface area contributed by atoms with Crippen LogP contribution in [0.15, 0.2) is 47.4 Å². The summed E-state index contributed by atoms with van der Waals surface area (Å²) in [5.41, 5.74) is -0.160. The maximum Gasteiger partial charge on any atom is 0.416 e. The molecular formula is C20H17F5N4O3S. The number of rotatable bonds is 4. The third kappa shape index (κ3) is 4.55. The van der Waals surface area contributed by atoms with E-state index in [2.05, 4.69) is 9.97 Å². The number of nitrogens with zero attached hydrogens (tertiary/aromatic N) is 3. The van der Waals surface area contributed by atoms with Gasteiger partial charge in [-0.2, -0.15) is 17.5 Å². The van der Waals surface area contributed by atoms with Gasteiger partial charge in [-0.25, -0.2) is 22.2 Å². The molecule has 0 radical (unpaired) electrons. The van der Waals surface area contributed by atoms with E-state index in [1.54, 1.807) is 0 Å². The first-order valence-electron chi connectivity index (χ1n) is 9.71. The fourth-order valence-corrected chi connectivity index (χ4v) is 4.97. The molecule has 1 N–H and O–H groups in total. The monoisotopic (exact) mass is 488 g/mol. The Kier molecular flexibility index (Phi) is 5.86. The number of fused-ring (bicyclic) bond motifs is 1. The number of hydrogen-bond acceptors (Lipinski definition) is 4. The number of carbonyl (C=O) groups excluding carboxylic acids is 1. The molecule has 1 aliphatic rings. The van der Waals surface area contributed by atoms with Crippen molar-refractivity contribution in [2.45, 2.75) is 17.5 Å². The van der Waals surface area contributed by atoms with Crippen molar-refractivity contribution in [1.29, 1.82) is 0 Å². The van der Waals surface area contributed by atoms with E-state index in [4.69, 9.17) is 0 Å². The number of benzene rings is 2. The zero-order chi connectivity index (χ0) is 24.0. The third-order valence-electron chi connectivity index (χ3n) is 5.30. The molecule has 0 bridgehead atoms. The standard InChI is InChI=1S/C20H17F5N4O3S/c21-17(22)18-26-15-6-1-12(11-16(15)27-18)19(30)28-7-9-29(10-8-28)33(31,32)14-4-2-13(3-5-14)20(23,24)25/h1-6,11,17H,7-10H2,(H,26,27). The molecule has 0 spiro atoms. The molecular weight excluding hydrogens is 471 g/mol. The second-order valence-corrected chi connectivity index (χ2v) is 9.31. The topological polar surface area (TPSA) is 86.4 Å². The number of alkyl halides is 5. The van der Waals surface area contributed by atoms with Crippen LogP contribution in [0.2, 0.25) is 0 Å². The summed E-state index contributed by atoms with van der Waals surface area (Å²) in [5, 5.41) is 0. The minimum atomic E-state index is -4.57. The van der Waals surface area contributed by atoms with Crippen molar-refractivity contribution in [2.75, 3.05) is 26.2 Å². The Morgan fingerprint density at radius 1 is 1.00 bits per heavy atom. The van der Waals surface area contributed by atoms with Crippen LogP contribution in [0, 0.1) is 0 Å². The first kappa shape index (κ1) is 23.1. The minimum absolute atomic E-state index is 0.0447. The van der Waals surface area contributed by atoms with Gasteiger partial charge >= 0.3 is 6.18 Å².